The smallest absolute Gasteiger partial charge is 0.0755 e. The lowest BCUT2D eigenvalue weighted by Crippen LogP contribution is -2.42. The topological polar surface area (TPSA) is 21.3 Å². The highest BCUT2D eigenvalue weighted by Crippen LogP contribution is 2.36. The monoisotopic (exact) mass is 211 g/mol. The highest BCUT2D eigenvalue weighted by molar-refractivity contribution is 4.99. The first kappa shape index (κ1) is 12.7. The van der Waals surface area contributed by atoms with Crippen molar-refractivity contribution in [1.29, 1.82) is 0 Å². The van der Waals surface area contributed by atoms with E-state index in [9.17, 15) is 0 Å². The number of hydrogen-bond donors (Lipinski definition) is 1. The molecule has 1 aliphatic rings. The molecule has 0 radical (unpaired) electrons. The van der Waals surface area contributed by atoms with E-state index in [4.69, 9.17) is 4.74 Å². The first-order valence-electron chi connectivity index (χ1n) is 6.09. The molecule has 0 saturated heterocycles. The average Bonchev–Trinajstić information content (AvgIpc) is 2.98. The van der Waals surface area contributed by atoms with Gasteiger partial charge in [0.2, 0.25) is 0 Å². The molecular weight excluding hydrogens is 186 g/mol. The number of hydrogen-bond acceptors (Lipinski definition) is 2. The summed E-state index contributed by atoms with van der Waals surface area (Å²) in [5.74, 6) is 0.781. The number of rotatable bonds is 8. The molecule has 0 amide bonds. The maximum Gasteiger partial charge on any atom is 0.0755 e. The Hall–Kier alpha value is -0.340. The number of ether oxygens (including phenoxy) is 1. The van der Waals surface area contributed by atoms with Gasteiger partial charge in [0.25, 0.3) is 0 Å². The Kier molecular flexibility index (Phi) is 5.34. The summed E-state index contributed by atoms with van der Waals surface area (Å²) in [6, 6.07) is 0.458. The zero-order valence-corrected chi connectivity index (χ0v) is 10.4. The first-order chi connectivity index (χ1) is 7.19. The van der Waals surface area contributed by atoms with Crippen LogP contribution in [-0.2, 0) is 4.74 Å². The van der Waals surface area contributed by atoms with E-state index in [1.165, 1.54) is 24.8 Å². The van der Waals surface area contributed by atoms with Crippen molar-refractivity contribution in [2.45, 2.75) is 51.7 Å². The minimum absolute atomic E-state index is 0.383. The van der Waals surface area contributed by atoms with Gasteiger partial charge in [0.15, 0.2) is 0 Å². The molecule has 2 unspecified atom stereocenters. The van der Waals surface area contributed by atoms with Gasteiger partial charge in [0.1, 0.15) is 0 Å². The van der Waals surface area contributed by atoms with Gasteiger partial charge in [-0.05, 0) is 45.1 Å². The third-order valence-electron chi connectivity index (χ3n) is 2.98. The van der Waals surface area contributed by atoms with Crippen molar-refractivity contribution in [3.8, 4) is 0 Å². The fraction of sp³-hybridized carbons (Fsp3) is 0.846. The molecule has 0 aromatic carbocycles. The Labute approximate surface area is 94.1 Å². The summed E-state index contributed by atoms with van der Waals surface area (Å²) in [6.45, 7) is 9.37. The van der Waals surface area contributed by atoms with E-state index in [2.05, 4.69) is 25.7 Å². The van der Waals surface area contributed by atoms with Gasteiger partial charge in [-0.15, -0.1) is 6.58 Å². The summed E-state index contributed by atoms with van der Waals surface area (Å²) in [5, 5.41) is 3.59. The van der Waals surface area contributed by atoms with Crippen LogP contribution in [0.25, 0.3) is 0 Å². The summed E-state index contributed by atoms with van der Waals surface area (Å²) in [4.78, 5) is 0. The van der Waals surface area contributed by atoms with Crippen molar-refractivity contribution in [2.75, 3.05) is 13.7 Å². The van der Waals surface area contributed by atoms with Gasteiger partial charge in [-0.2, -0.15) is 0 Å². The van der Waals surface area contributed by atoms with Gasteiger partial charge in [0.05, 0.1) is 6.10 Å². The Morgan fingerprint density at radius 1 is 1.53 bits per heavy atom. The minimum atomic E-state index is 0.383. The van der Waals surface area contributed by atoms with Crippen molar-refractivity contribution in [2.24, 2.45) is 5.92 Å². The molecule has 15 heavy (non-hydrogen) atoms. The lowest BCUT2D eigenvalue weighted by Gasteiger charge is -2.27. The predicted molar refractivity (Wildman–Crippen MR) is 65.0 cm³/mol. The fourth-order valence-electron chi connectivity index (χ4n) is 2.12. The average molecular weight is 211 g/mol. The molecule has 0 aromatic rings. The molecule has 0 heterocycles. The van der Waals surface area contributed by atoms with E-state index in [1.54, 1.807) is 0 Å². The van der Waals surface area contributed by atoms with Gasteiger partial charge >= 0.3 is 0 Å². The lowest BCUT2D eigenvalue weighted by molar-refractivity contribution is 0.0511. The standard InChI is InChI=1S/C13H25NO/c1-5-8-14-12(9-10(2)3)13(15-4)11-6-7-11/h11-14H,2,5-9H2,1,3-4H3. The molecule has 1 N–H and O–H groups in total. The third kappa shape index (κ3) is 4.35. The highest BCUT2D eigenvalue weighted by atomic mass is 16.5. The van der Waals surface area contributed by atoms with Crippen molar-refractivity contribution in [1.82, 2.24) is 5.32 Å². The molecule has 1 saturated carbocycles. The van der Waals surface area contributed by atoms with Crippen LogP contribution >= 0.6 is 0 Å². The second-order valence-electron chi connectivity index (χ2n) is 4.76. The highest BCUT2D eigenvalue weighted by Gasteiger charge is 2.36. The molecule has 2 atom stereocenters. The summed E-state index contributed by atoms with van der Waals surface area (Å²) in [6.07, 6.45) is 5.26. The molecule has 1 fully saturated rings. The van der Waals surface area contributed by atoms with Crippen LogP contribution in [0.1, 0.15) is 39.5 Å². The second kappa shape index (κ2) is 6.29. The van der Waals surface area contributed by atoms with Gasteiger partial charge in [-0.1, -0.05) is 12.5 Å². The Morgan fingerprint density at radius 2 is 2.20 bits per heavy atom. The largest absolute Gasteiger partial charge is 0.380 e. The van der Waals surface area contributed by atoms with E-state index in [0.29, 0.717) is 12.1 Å². The molecule has 0 spiro atoms. The van der Waals surface area contributed by atoms with E-state index >= 15 is 0 Å². The minimum Gasteiger partial charge on any atom is -0.380 e. The van der Waals surface area contributed by atoms with Crippen LogP contribution in [0.4, 0.5) is 0 Å². The molecular formula is C13H25NO. The predicted octanol–water partition coefficient (Wildman–Crippen LogP) is 2.75. The van der Waals surface area contributed by atoms with Crippen LogP contribution in [-0.4, -0.2) is 25.8 Å². The summed E-state index contributed by atoms with van der Waals surface area (Å²) >= 11 is 0. The molecule has 1 rings (SSSR count). The van der Waals surface area contributed by atoms with Crippen molar-refractivity contribution < 1.29 is 4.74 Å². The van der Waals surface area contributed by atoms with Crippen LogP contribution in [0.15, 0.2) is 12.2 Å². The second-order valence-corrected chi connectivity index (χ2v) is 4.76. The molecule has 88 valence electrons. The molecule has 1 aliphatic carbocycles. The molecule has 0 aromatic heterocycles. The van der Waals surface area contributed by atoms with Gasteiger partial charge in [0, 0.05) is 13.2 Å². The van der Waals surface area contributed by atoms with Gasteiger partial charge in [-0.25, -0.2) is 0 Å². The summed E-state index contributed by atoms with van der Waals surface area (Å²) in [5.41, 5.74) is 1.24. The van der Waals surface area contributed by atoms with Crippen LogP contribution in [0.3, 0.4) is 0 Å². The van der Waals surface area contributed by atoms with Crippen LogP contribution < -0.4 is 5.32 Å². The van der Waals surface area contributed by atoms with Crippen LogP contribution in [0.2, 0.25) is 0 Å². The van der Waals surface area contributed by atoms with Crippen molar-refractivity contribution in [3.63, 3.8) is 0 Å². The van der Waals surface area contributed by atoms with Crippen LogP contribution in [0.5, 0.6) is 0 Å². The SMILES string of the molecule is C=C(C)CC(NCCC)C(OC)C1CC1. The van der Waals surface area contributed by atoms with Gasteiger partial charge in [-0.3, -0.25) is 0 Å². The molecule has 2 nitrogen and oxygen atoms in total. The maximum atomic E-state index is 5.63. The Balaban J connectivity index is 2.47. The van der Waals surface area contributed by atoms with E-state index in [0.717, 1.165) is 18.9 Å². The third-order valence-corrected chi connectivity index (χ3v) is 2.98. The zero-order valence-electron chi connectivity index (χ0n) is 10.4. The van der Waals surface area contributed by atoms with E-state index in [-0.39, 0.29) is 0 Å². The number of methoxy groups -OCH3 is 1. The fourth-order valence-corrected chi connectivity index (χ4v) is 2.12. The number of nitrogens with one attached hydrogen (secondary N) is 1. The van der Waals surface area contributed by atoms with E-state index in [1.807, 2.05) is 7.11 Å². The summed E-state index contributed by atoms with van der Waals surface area (Å²) in [7, 11) is 1.84. The maximum absolute atomic E-state index is 5.63. The van der Waals surface area contributed by atoms with Crippen molar-refractivity contribution in [3.05, 3.63) is 12.2 Å². The quantitative estimate of drug-likeness (QED) is 0.623. The Bertz CT molecular complexity index is 199. The Morgan fingerprint density at radius 3 is 2.60 bits per heavy atom. The zero-order chi connectivity index (χ0) is 11.3. The molecule has 0 aliphatic heterocycles. The van der Waals surface area contributed by atoms with E-state index < -0.39 is 0 Å². The van der Waals surface area contributed by atoms with Crippen molar-refractivity contribution >= 4 is 0 Å². The van der Waals surface area contributed by atoms with Crippen LogP contribution in [0, 0.1) is 5.92 Å². The van der Waals surface area contributed by atoms with Gasteiger partial charge < -0.3 is 10.1 Å². The first-order valence-corrected chi connectivity index (χ1v) is 6.09. The summed E-state index contributed by atoms with van der Waals surface area (Å²) < 4.78 is 5.63. The lowest BCUT2D eigenvalue weighted by atomic mass is 9.99. The molecule has 2 heteroatoms. The molecule has 0 bridgehead atoms. The normalized spacial score (nSPS) is 19.9.